The van der Waals surface area contributed by atoms with Crippen LogP contribution in [0.4, 0.5) is 8.78 Å². The lowest BCUT2D eigenvalue weighted by atomic mass is 9.77. The summed E-state index contributed by atoms with van der Waals surface area (Å²) in [5, 5.41) is 11.7. The molecule has 1 aliphatic heterocycles. The maximum atomic E-state index is 13.4. The van der Waals surface area contributed by atoms with Gasteiger partial charge in [0, 0.05) is 43.9 Å². The first-order valence-electron chi connectivity index (χ1n) is 12.6. The zero-order valence-corrected chi connectivity index (χ0v) is 22.0. The fraction of sp³-hybridized carbons (Fsp3) is 0.517. The number of nitrogens with zero attached hydrogens (tertiary/aromatic N) is 2. The molecular formula is C29H36F2N2O3. The summed E-state index contributed by atoms with van der Waals surface area (Å²) in [5.41, 5.74) is 2.85. The molecule has 0 radical (unpaired) electrons. The Labute approximate surface area is 210 Å². The predicted molar refractivity (Wildman–Crippen MR) is 138 cm³/mol. The second-order valence-corrected chi connectivity index (χ2v) is 11.8. The van der Waals surface area contributed by atoms with E-state index in [1.165, 1.54) is 12.3 Å². The molecule has 2 heterocycles. The number of carboxylic acids is 1. The summed E-state index contributed by atoms with van der Waals surface area (Å²) in [6, 6.07) is 7.48. The number of halogens is 2. The molecule has 5 nitrogen and oxygen atoms in total. The molecule has 1 N–H and O–H groups in total. The van der Waals surface area contributed by atoms with E-state index in [9.17, 15) is 23.5 Å². The summed E-state index contributed by atoms with van der Waals surface area (Å²) < 4.78 is 28.7. The van der Waals surface area contributed by atoms with Gasteiger partial charge in [0.2, 0.25) is 5.92 Å². The molecule has 0 amide bonds. The zero-order chi connectivity index (χ0) is 26.6. The third-order valence-corrected chi connectivity index (χ3v) is 7.62. The van der Waals surface area contributed by atoms with Crippen molar-refractivity contribution in [3.8, 4) is 0 Å². The molecule has 0 spiro atoms. The third kappa shape index (κ3) is 4.84. The van der Waals surface area contributed by atoms with E-state index < -0.39 is 17.3 Å². The van der Waals surface area contributed by atoms with Crippen molar-refractivity contribution in [3.05, 3.63) is 67.9 Å². The molecule has 4 rings (SSSR count). The van der Waals surface area contributed by atoms with Gasteiger partial charge in [0.1, 0.15) is 5.56 Å². The van der Waals surface area contributed by atoms with Crippen molar-refractivity contribution in [1.82, 2.24) is 9.47 Å². The molecule has 1 unspecified atom stereocenters. The molecule has 1 aliphatic carbocycles. The average Bonchev–Trinajstić information content (AvgIpc) is 2.74. The van der Waals surface area contributed by atoms with E-state index in [1.807, 2.05) is 37.6 Å². The Kier molecular flexibility index (Phi) is 6.65. The predicted octanol–water partition coefficient (Wildman–Crippen LogP) is 4.40. The summed E-state index contributed by atoms with van der Waals surface area (Å²) in [6.45, 7) is 11.1. The van der Waals surface area contributed by atoms with Crippen LogP contribution in [0, 0.1) is 11.3 Å². The molecule has 36 heavy (non-hydrogen) atoms. The standard InChI is InChI=1S/C29H36F2N2O3/c1-17(2)25-19(11-10-18-13-29(30,31)14-18)8-7-9-20(25)26-22-12-23(34)21(27(35)36)15-33(22)24(16-32(26)6)28(3,4)5/h7-9,12,15,18,24H,10-11,13-14,16H2,1-6H3,(H,35,36)/b26-20-. The topological polar surface area (TPSA) is 62.5 Å². The number of alkyl halides is 2. The normalized spacial score (nSPS) is 21.1. The van der Waals surface area contributed by atoms with Gasteiger partial charge < -0.3 is 14.6 Å². The Hall–Kier alpha value is -2.96. The van der Waals surface area contributed by atoms with Gasteiger partial charge in [-0.3, -0.25) is 4.79 Å². The van der Waals surface area contributed by atoms with Crippen molar-refractivity contribution in [2.45, 2.75) is 72.3 Å². The molecule has 1 aromatic heterocycles. The molecule has 1 atom stereocenters. The lowest BCUT2D eigenvalue weighted by molar-refractivity contribution is -0.111. The van der Waals surface area contributed by atoms with Gasteiger partial charge in [0.15, 0.2) is 5.43 Å². The fourth-order valence-electron chi connectivity index (χ4n) is 5.77. The quantitative estimate of drug-likeness (QED) is 0.679. The monoisotopic (exact) mass is 498 g/mol. The Bertz CT molecular complexity index is 1370. The van der Waals surface area contributed by atoms with Crippen LogP contribution >= 0.6 is 0 Å². The van der Waals surface area contributed by atoms with E-state index in [2.05, 4.69) is 31.7 Å². The SMILES string of the molecule is CC(C)=c1c(CCC2CC(F)(F)C2)ccc/c1=C1\c2cc(=O)c(C(=O)O)cn2C(C(C)(C)C)CN1C. The lowest BCUT2D eigenvalue weighted by Gasteiger charge is -2.43. The average molecular weight is 499 g/mol. The van der Waals surface area contributed by atoms with Crippen LogP contribution in [-0.2, 0) is 6.42 Å². The number of benzene rings is 1. The Morgan fingerprint density at radius 1 is 1.19 bits per heavy atom. The number of aryl methyl sites for hydroxylation is 1. The van der Waals surface area contributed by atoms with Crippen LogP contribution in [0.3, 0.4) is 0 Å². The molecular weight excluding hydrogens is 462 g/mol. The molecule has 1 aromatic carbocycles. The van der Waals surface area contributed by atoms with Crippen molar-refractivity contribution in [2.75, 3.05) is 13.6 Å². The van der Waals surface area contributed by atoms with Crippen LogP contribution in [0.2, 0.25) is 0 Å². The molecule has 1 saturated carbocycles. The van der Waals surface area contributed by atoms with Gasteiger partial charge in [-0.25, -0.2) is 13.6 Å². The minimum absolute atomic E-state index is 0.0344. The van der Waals surface area contributed by atoms with Gasteiger partial charge in [-0.15, -0.1) is 0 Å². The van der Waals surface area contributed by atoms with Gasteiger partial charge in [-0.2, -0.15) is 0 Å². The van der Waals surface area contributed by atoms with E-state index in [-0.39, 0.29) is 35.8 Å². The fourth-order valence-corrected chi connectivity index (χ4v) is 5.77. The van der Waals surface area contributed by atoms with Gasteiger partial charge >= 0.3 is 5.97 Å². The Morgan fingerprint density at radius 3 is 2.42 bits per heavy atom. The van der Waals surface area contributed by atoms with Crippen LogP contribution in [0.15, 0.2) is 35.3 Å². The van der Waals surface area contributed by atoms with Crippen molar-refractivity contribution in [2.24, 2.45) is 11.3 Å². The Balaban J connectivity index is 1.95. The van der Waals surface area contributed by atoms with E-state index >= 15 is 0 Å². The molecule has 7 heteroatoms. The highest BCUT2D eigenvalue weighted by Crippen LogP contribution is 2.44. The van der Waals surface area contributed by atoms with Crippen LogP contribution in [0.1, 0.15) is 81.5 Å². The van der Waals surface area contributed by atoms with Crippen molar-refractivity contribution in [3.63, 3.8) is 0 Å². The number of pyridine rings is 1. The largest absolute Gasteiger partial charge is 0.477 e. The van der Waals surface area contributed by atoms with Gasteiger partial charge in [-0.1, -0.05) is 44.5 Å². The highest BCUT2D eigenvalue weighted by Gasteiger charge is 2.44. The van der Waals surface area contributed by atoms with Crippen molar-refractivity contribution in [1.29, 1.82) is 0 Å². The van der Waals surface area contributed by atoms with Crippen molar-refractivity contribution < 1.29 is 18.7 Å². The maximum Gasteiger partial charge on any atom is 0.341 e. The first-order valence-corrected chi connectivity index (χ1v) is 12.6. The zero-order valence-electron chi connectivity index (χ0n) is 22.0. The number of carbonyl (C=O) groups is 1. The second kappa shape index (κ2) is 9.16. The Morgan fingerprint density at radius 2 is 1.86 bits per heavy atom. The number of aromatic carboxylic acids is 1. The number of likely N-dealkylation sites (N-methyl/N-ethyl adjacent to an activating group) is 1. The molecule has 0 bridgehead atoms. The number of hydrogen-bond acceptors (Lipinski definition) is 3. The summed E-state index contributed by atoms with van der Waals surface area (Å²) >= 11 is 0. The van der Waals surface area contributed by atoms with E-state index in [1.54, 1.807) is 0 Å². The number of fused-ring (bicyclic) bond motifs is 1. The van der Waals surface area contributed by atoms with Crippen molar-refractivity contribution >= 4 is 17.2 Å². The second-order valence-electron chi connectivity index (χ2n) is 11.8. The first kappa shape index (κ1) is 26.1. The number of carboxylic acid groups (broad SMARTS) is 1. The van der Waals surface area contributed by atoms with E-state index in [0.29, 0.717) is 25.1 Å². The van der Waals surface area contributed by atoms with Crippen LogP contribution in [0.5, 0.6) is 0 Å². The van der Waals surface area contributed by atoms with Gasteiger partial charge in [-0.05, 0) is 48.8 Å². The van der Waals surface area contributed by atoms with Crippen LogP contribution in [0.25, 0.3) is 11.3 Å². The smallest absolute Gasteiger partial charge is 0.341 e. The highest BCUT2D eigenvalue weighted by atomic mass is 19.3. The molecule has 2 aliphatic rings. The molecule has 2 aromatic rings. The lowest BCUT2D eigenvalue weighted by Crippen LogP contribution is -2.46. The van der Waals surface area contributed by atoms with Crippen LogP contribution < -0.4 is 15.9 Å². The van der Waals surface area contributed by atoms with Gasteiger partial charge in [0.05, 0.1) is 17.4 Å². The summed E-state index contributed by atoms with van der Waals surface area (Å²) in [6.07, 6.45) is 2.85. The highest BCUT2D eigenvalue weighted by molar-refractivity contribution is 5.87. The summed E-state index contributed by atoms with van der Waals surface area (Å²) in [5.74, 6) is -3.71. The summed E-state index contributed by atoms with van der Waals surface area (Å²) in [4.78, 5) is 26.8. The summed E-state index contributed by atoms with van der Waals surface area (Å²) in [7, 11) is 2.01. The minimum Gasteiger partial charge on any atom is -0.477 e. The molecule has 0 saturated heterocycles. The minimum atomic E-state index is -2.52. The first-order chi connectivity index (χ1) is 16.7. The number of aromatic nitrogens is 1. The molecule has 194 valence electrons. The number of hydrogen-bond donors (Lipinski definition) is 1. The van der Waals surface area contributed by atoms with Crippen LogP contribution in [-0.4, -0.2) is 40.1 Å². The third-order valence-electron chi connectivity index (χ3n) is 7.62. The molecule has 1 fully saturated rings. The maximum absolute atomic E-state index is 13.4. The van der Waals surface area contributed by atoms with Gasteiger partial charge in [0.25, 0.3) is 0 Å². The van der Waals surface area contributed by atoms with E-state index in [4.69, 9.17) is 0 Å². The van der Waals surface area contributed by atoms with E-state index in [0.717, 1.165) is 27.3 Å². The number of rotatable bonds is 4.